The molecule has 3 heterocycles. The fraction of sp³-hybridized carbons (Fsp3) is 0.222. The van der Waals surface area contributed by atoms with E-state index in [1.54, 1.807) is 12.5 Å². The van der Waals surface area contributed by atoms with Crippen molar-refractivity contribution in [3.05, 3.63) is 48.7 Å². The van der Waals surface area contributed by atoms with E-state index < -0.39 is 0 Å². The summed E-state index contributed by atoms with van der Waals surface area (Å²) in [5.41, 5.74) is 9.89. The maximum atomic E-state index is 6.17. The normalized spacial score (nSPS) is 15.3. The largest absolute Gasteiger partial charge is 0.464 e. The SMILES string of the molecule is Nc1nccn2c(C3CCC3)nc(-c3ccc4occc4c3)c12. The van der Waals surface area contributed by atoms with Crippen molar-refractivity contribution in [3.8, 4) is 11.3 Å². The molecule has 0 unspecified atom stereocenters. The lowest BCUT2D eigenvalue weighted by Gasteiger charge is -2.23. The van der Waals surface area contributed by atoms with Gasteiger partial charge in [0.05, 0.1) is 6.26 Å². The van der Waals surface area contributed by atoms with Gasteiger partial charge in [0.1, 0.15) is 28.4 Å². The van der Waals surface area contributed by atoms with Crippen molar-refractivity contribution in [2.24, 2.45) is 0 Å². The van der Waals surface area contributed by atoms with Crippen LogP contribution in [-0.4, -0.2) is 14.4 Å². The van der Waals surface area contributed by atoms with Crippen molar-refractivity contribution in [2.45, 2.75) is 25.2 Å². The van der Waals surface area contributed by atoms with Gasteiger partial charge < -0.3 is 10.2 Å². The second kappa shape index (κ2) is 4.59. The summed E-state index contributed by atoms with van der Waals surface area (Å²) >= 11 is 0. The van der Waals surface area contributed by atoms with Gasteiger partial charge in [0.25, 0.3) is 0 Å². The van der Waals surface area contributed by atoms with E-state index in [1.807, 2.05) is 24.4 Å². The number of aromatic nitrogens is 3. The average molecular weight is 304 g/mol. The number of imidazole rings is 1. The van der Waals surface area contributed by atoms with Crippen LogP contribution in [0.3, 0.4) is 0 Å². The van der Waals surface area contributed by atoms with E-state index in [2.05, 4.69) is 15.5 Å². The molecule has 1 aliphatic carbocycles. The molecule has 0 saturated heterocycles. The first kappa shape index (κ1) is 12.7. The highest BCUT2D eigenvalue weighted by Crippen LogP contribution is 2.39. The van der Waals surface area contributed by atoms with Crippen LogP contribution in [0.25, 0.3) is 27.7 Å². The topological polar surface area (TPSA) is 69.3 Å². The van der Waals surface area contributed by atoms with Crippen molar-refractivity contribution < 1.29 is 4.42 Å². The Labute approximate surface area is 132 Å². The number of hydrogen-bond donors (Lipinski definition) is 1. The van der Waals surface area contributed by atoms with Gasteiger partial charge >= 0.3 is 0 Å². The van der Waals surface area contributed by atoms with Gasteiger partial charge in [-0.2, -0.15) is 0 Å². The number of nitrogen functional groups attached to an aromatic ring is 1. The van der Waals surface area contributed by atoms with Gasteiger partial charge in [0, 0.05) is 29.3 Å². The van der Waals surface area contributed by atoms with Crippen LogP contribution in [0.1, 0.15) is 31.0 Å². The standard InChI is InChI=1S/C18H16N4O/c19-17-16-15(13-4-5-14-12(10-13)6-9-23-14)21-18(11-2-1-3-11)22(16)8-7-20-17/h4-11H,1-3H2,(H2,19,20). The van der Waals surface area contributed by atoms with Crippen LogP contribution in [-0.2, 0) is 0 Å². The first-order valence-corrected chi connectivity index (χ1v) is 7.91. The molecule has 3 aromatic heterocycles. The van der Waals surface area contributed by atoms with Gasteiger partial charge in [-0.25, -0.2) is 9.97 Å². The third-order valence-electron chi connectivity index (χ3n) is 4.81. The van der Waals surface area contributed by atoms with E-state index in [1.165, 1.54) is 19.3 Å². The first-order chi connectivity index (χ1) is 11.3. The maximum Gasteiger partial charge on any atom is 0.150 e. The third kappa shape index (κ3) is 1.79. The molecule has 5 heteroatoms. The zero-order valence-corrected chi connectivity index (χ0v) is 12.6. The molecule has 2 N–H and O–H groups in total. The smallest absolute Gasteiger partial charge is 0.150 e. The van der Waals surface area contributed by atoms with E-state index in [-0.39, 0.29) is 0 Å². The first-order valence-electron chi connectivity index (χ1n) is 7.91. The number of anilines is 1. The zero-order chi connectivity index (χ0) is 15.4. The fourth-order valence-electron chi connectivity index (χ4n) is 3.36. The second-order valence-corrected chi connectivity index (χ2v) is 6.15. The molecular weight excluding hydrogens is 288 g/mol. The summed E-state index contributed by atoms with van der Waals surface area (Å²) in [6.07, 6.45) is 9.08. The molecule has 5 rings (SSSR count). The van der Waals surface area contributed by atoms with Gasteiger partial charge in [0.15, 0.2) is 0 Å². The van der Waals surface area contributed by atoms with Crippen LogP contribution in [0.5, 0.6) is 0 Å². The number of furan rings is 1. The van der Waals surface area contributed by atoms with Gasteiger partial charge in [0.2, 0.25) is 0 Å². The number of fused-ring (bicyclic) bond motifs is 2. The summed E-state index contributed by atoms with van der Waals surface area (Å²) in [6.45, 7) is 0. The molecule has 0 amide bonds. The van der Waals surface area contributed by atoms with E-state index in [0.717, 1.165) is 33.6 Å². The molecule has 0 spiro atoms. The Morgan fingerprint density at radius 1 is 1.22 bits per heavy atom. The van der Waals surface area contributed by atoms with Crippen LogP contribution in [0.2, 0.25) is 0 Å². The summed E-state index contributed by atoms with van der Waals surface area (Å²) in [4.78, 5) is 9.21. The predicted octanol–water partition coefficient (Wildman–Crippen LogP) is 3.99. The Morgan fingerprint density at radius 2 is 2.13 bits per heavy atom. The Kier molecular flexibility index (Phi) is 2.53. The quantitative estimate of drug-likeness (QED) is 0.608. The van der Waals surface area contributed by atoms with Crippen molar-refractivity contribution in [3.63, 3.8) is 0 Å². The van der Waals surface area contributed by atoms with Crippen LogP contribution in [0.4, 0.5) is 5.82 Å². The highest BCUT2D eigenvalue weighted by Gasteiger charge is 2.26. The summed E-state index contributed by atoms with van der Waals surface area (Å²) in [7, 11) is 0. The molecule has 114 valence electrons. The minimum atomic E-state index is 0.521. The molecule has 0 bridgehead atoms. The van der Waals surface area contributed by atoms with Crippen LogP contribution in [0, 0.1) is 0 Å². The molecular formula is C18H16N4O. The Hall–Kier alpha value is -2.82. The van der Waals surface area contributed by atoms with E-state index in [4.69, 9.17) is 15.1 Å². The molecule has 1 saturated carbocycles. The highest BCUT2D eigenvalue weighted by molar-refractivity contribution is 5.90. The molecule has 4 aromatic rings. The van der Waals surface area contributed by atoms with Gasteiger partial charge in [-0.05, 0) is 37.1 Å². The zero-order valence-electron chi connectivity index (χ0n) is 12.6. The third-order valence-corrected chi connectivity index (χ3v) is 4.81. The lowest BCUT2D eigenvalue weighted by atomic mass is 9.85. The van der Waals surface area contributed by atoms with E-state index >= 15 is 0 Å². The molecule has 0 atom stereocenters. The Balaban J connectivity index is 1.79. The molecule has 1 aromatic carbocycles. The molecule has 0 radical (unpaired) electrons. The number of rotatable bonds is 2. The van der Waals surface area contributed by atoms with Crippen molar-refractivity contribution in [2.75, 3.05) is 5.73 Å². The Bertz CT molecular complexity index is 1030. The second-order valence-electron chi connectivity index (χ2n) is 6.15. The van der Waals surface area contributed by atoms with Crippen LogP contribution in [0.15, 0.2) is 47.3 Å². The lowest BCUT2D eigenvalue weighted by Crippen LogP contribution is -2.12. The molecule has 1 aliphatic rings. The predicted molar refractivity (Wildman–Crippen MR) is 89.2 cm³/mol. The maximum absolute atomic E-state index is 6.17. The van der Waals surface area contributed by atoms with Gasteiger partial charge in [-0.3, -0.25) is 4.40 Å². The number of hydrogen-bond acceptors (Lipinski definition) is 4. The summed E-state index contributed by atoms with van der Waals surface area (Å²) in [5.74, 6) is 2.14. The Morgan fingerprint density at radius 3 is 2.96 bits per heavy atom. The van der Waals surface area contributed by atoms with E-state index in [9.17, 15) is 0 Å². The molecule has 1 fully saturated rings. The molecule has 0 aliphatic heterocycles. The summed E-state index contributed by atoms with van der Waals surface area (Å²) in [5, 5.41) is 1.07. The fourth-order valence-corrected chi connectivity index (χ4v) is 3.36. The number of nitrogens with zero attached hydrogens (tertiary/aromatic N) is 3. The average Bonchev–Trinajstić information content (AvgIpc) is 3.10. The van der Waals surface area contributed by atoms with Crippen molar-refractivity contribution >= 4 is 22.3 Å². The van der Waals surface area contributed by atoms with E-state index in [0.29, 0.717) is 11.7 Å². The number of nitrogens with two attached hydrogens (primary N) is 1. The van der Waals surface area contributed by atoms with Crippen LogP contribution >= 0.6 is 0 Å². The van der Waals surface area contributed by atoms with Crippen molar-refractivity contribution in [1.29, 1.82) is 0 Å². The summed E-state index contributed by atoms with van der Waals surface area (Å²) < 4.78 is 7.54. The molecule has 23 heavy (non-hydrogen) atoms. The summed E-state index contributed by atoms with van der Waals surface area (Å²) in [6, 6.07) is 8.07. The number of benzene rings is 1. The minimum absolute atomic E-state index is 0.521. The van der Waals surface area contributed by atoms with Crippen LogP contribution < -0.4 is 5.73 Å². The van der Waals surface area contributed by atoms with Gasteiger partial charge in [-0.1, -0.05) is 6.42 Å². The lowest BCUT2D eigenvalue weighted by molar-refractivity contribution is 0.400. The van der Waals surface area contributed by atoms with Crippen molar-refractivity contribution in [1.82, 2.24) is 14.4 Å². The monoisotopic (exact) mass is 304 g/mol. The minimum Gasteiger partial charge on any atom is -0.464 e. The highest BCUT2D eigenvalue weighted by atomic mass is 16.3. The molecule has 5 nitrogen and oxygen atoms in total. The van der Waals surface area contributed by atoms with Gasteiger partial charge in [-0.15, -0.1) is 0 Å².